The molecule has 11 heteroatoms. The van der Waals surface area contributed by atoms with Crippen LogP contribution in [-0.4, -0.2) is 53.5 Å². The number of anilines is 1. The number of rotatable bonds is 5. The summed E-state index contributed by atoms with van der Waals surface area (Å²) in [5, 5.41) is 11.6. The number of carbonyl (C=O) groups is 1. The Morgan fingerprint density at radius 2 is 2.17 bits per heavy atom. The number of hydrogen-bond acceptors (Lipinski definition) is 7. The van der Waals surface area contributed by atoms with E-state index in [-0.39, 0.29) is 0 Å². The smallest absolute Gasteiger partial charge is 0.414 e. The molecule has 5 rings (SSSR count). The lowest BCUT2D eigenvalue weighted by Crippen LogP contribution is -2.26. The predicted molar refractivity (Wildman–Crippen MR) is 102 cm³/mol. The topological polar surface area (TPSA) is 104 Å². The normalized spacial score (nSPS) is 16.1. The van der Waals surface area contributed by atoms with Gasteiger partial charge in [0.05, 0.1) is 25.0 Å². The summed E-state index contributed by atoms with van der Waals surface area (Å²) in [6.07, 6.45) is 6.83. The third-order valence-corrected chi connectivity index (χ3v) is 4.71. The van der Waals surface area contributed by atoms with E-state index in [9.17, 15) is 9.18 Å². The van der Waals surface area contributed by atoms with Gasteiger partial charge in [-0.2, -0.15) is 5.10 Å². The Balaban J connectivity index is 1.34. The van der Waals surface area contributed by atoms with Gasteiger partial charge in [-0.3, -0.25) is 4.90 Å². The molecule has 0 bridgehead atoms. The van der Waals surface area contributed by atoms with Gasteiger partial charge in [-0.1, -0.05) is 5.21 Å². The average molecular weight is 406 g/mol. The van der Waals surface area contributed by atoms with E-state index >= 15 is 0 Å². The number of aromatic nitrogens is 7. The first-order chi connectivity index (χ1) is 14.7. The molecule has 1 unspecified atom stereocenters. The molecule has 3 aromatic heterocycles. The van der Waals surface area contributed by atoms with Crippen molar-refractivity contribution in [2.75, 3.05) is 11.4 Å². The van der Waals surface area contributed by atoms with Gasteiger partial charge in [0.25, 0.3) is 0 Å². The van der Waals surface area contributed by atoms with Crippen LogP contribution in [0.2, 0.25) is 0 Å². The minimum atomic E-state index is -0.522. The molecule has 1 atom stereocenters. The molecule has 1 fully saturated rings. The number of ether oxygens (including phenoxy) is 1. The van der Waals surface area contributed by atoms with Gasteiger partial charge in [0.2, 0.25) is 0 Å². The van der Waals surface area contributed by atoms with E-state index in [0.717, 1.165) is 0 Å². The number of hydrogen-bond donors (Lipinski definition) is 0. The fourth-order valence-corrected chi connectivity index (χ4v) is 3.28. The molecule has 10 nitrogen and oxygen atoms in total. The van der Waals surface area contributed by atoms with Crippen molar-refractivity contribution in [3.8, 4) is 16.9 Å². The van der Waals surface area contributed by atoms with E-state index in [2.05, 4.69) is 25.4 Å². The first-order valence-electron chi connectivity index (χ1n) is 9.10. The second-order valence-electron chi connectivity index (χ2n) is 6.65. The van der Waals surface area contributed by atoms with Crippen molar-refractivity contribution >= 4 is 11.8 Å². The lowest BCUT2D eigenvalue weighted by Gasteiger charge is -2.14. The van der Waals surface area contributed by atoms with Crippen LogP contribution in [0.3, 0.4) is 0 Å². The highest BCUT2D eigenvalue weighted by atomic mass is 19.1. The first kappa shape index (κ1) is 17.9. The van der Waals surface area contributed by atoms with Gasteiger partial charge >= 0.3 is 6.09 Å². The molecule has 0 saturated carbocycles. The van der Waals surface area contributed by atoms with Gasteiger partial charge in [-0.15, -0.1) is 5.10 Å². The number of cyclic esters (lactones) is 1. The second kappa shape index (κ2) is 7.35. The highest BCUT2D eigenvalue weighted by Gasteiger charge is 2.33. The van der Waals surface area contributed by atoms with Crippen LogP contribution in [0.25, 0.3) is 16.9 Å². The quantitative estimate of drug-likeness (QED) is 0.500. The second-order valence-corrected chi connectivity index (χ2v) is 6.65. The molecule has 1 amide bonds. The van der Waals surface area contributed by atoms with E-state index in [1.807, 2.05) is 0 Å². The Kier molecular flexibility index (Phi) is 4.39. The maximum absolute atomic E-state index is 14.8. The maximum atomic E-state index is 14.8. The predicted octanol–water partition coefficient (Wildman–Crippen LogP) is 2.09. The largest absolute Gasteiger partial charge is 0.442 e. The fourth-order valence-electron chi connectivity index (χ4n) is 3.28. The molecular weight excluding hydrogens is 391 g/mol. The number of carbonyl (C=O) groups excluding carboxylic acids is 1. The molecule has 4 aromatic rings. The number of amides is 1. The number of pyridine rings is 1. The van der Waals surface area contributed by atoms with Gasteiger partial charge in [0.15, 0.2) is 5.82 Å². The van der Waals surface area contributed by atoms with Crippen LogP contribution >= 0.6 is 0 Å². The molecule has 0 radical (unpaired) electrons. The zero-order valence-electron chi connectivity index (χ0n) is 15.5. The van der Waals surface area contributed by atoms with Crippen molar-refractivity contribution in [2.24, 2.45) is 0 Å². The maximum Gasteiger partial charge on any atom is 0.414 e. The highest BCUT2D eigenvalue weighted by Crippen LogP contribution is 2.29. The van der Waals surface area contributed by atoms with Crippen molar-refractivity contribution in [1.82, 2.24) is 34.7 Å². The standard InChI is InChI=1S/C19H15FN8O2/c20-17-7-14(27-10-15(30-19(27)29)9-26-6-5-23-25-26)2-3-16(17)13-1-4-18(22-8-13)28-12-21-11-24-28/h1-8,11-12,15H,9-10H2. The zero-order chi connectivity index (χ0) is 20.5. The summed E-state index contributed by atoms with van der Waals surface area (Å²) < 4.78 is 23.3. The number of nitrogens with zero attached hydrogens (tertiary/aromatic N) is 8. The van der Waals surface area contributed by atoms with Crippen molar-refractivity contribution in [3.63, 3.8) is 0 Å². The fraction of sp³-hybridized carbons (Fsp3) is 0.158. The van der Waals surface area contributed by atoms with Crippen molar-refractivity contribution in [2.45, 2.75) is 12.6 Å². The summed E-state index contributed by atoms with van der Waals surface area (Å²) in [6.45, 7) is 0.679. The summed E-state index contributed by atoms with van der Waals surface area (Å²) in [5.74, 6) is 0.113. The van der Waals surface area contributed by atoms with E-state index in [4.69, 9.17) is 4.74 Å². The molecule has 150 valence electrons. The van der Waals surface area contributed by atoms with Crippen LogP contribution in [0.15, 0.2) is 61.6 Å². The monoisotopic (exact) mass is 406 g/mol. The van der Waals surface area contributed by atoms with E-state index < -0.39 is 18.0 Å². The van der Waals surface area contributed by atoms with Gasteiger partial charge < -0.3 is 4.74 Å². The molecule has 0 N–H and O–H groups in total. The molecule has 0 spiro atoms. The Morgan fingerprint density at radius 3 is 2.87 bits per heavy atom. The molecule has 1 aromatic carbocycles. The van der Waals surface area contributed by atoms with Gasteiger partial charge in [-0.05, 0) is 30.3 Å². The minimum absolute atomic E-state index is 0.297. The van der Waals surface area contributed by atoms with Crippen LogP contribution in [0.5, 0.6) is 0 Å². The van der Waals surface area contributed by atoms with Crippen molar-refractivity contribution in [3.05, 3.63) is 67.4 Å². The number of halogens is 1. The van der Waals surface area contributed by atoms with Crippen molar-refractivity contribution < 1.29 is 13.9 Å². The SMILES string of the molecule is O=C1OC(Cn2ccnn2)CN1c1ccc(-c2ccc(-n3cncn3)nc2)c(F)c1. The van der Waals surface area contributed by atoms with Crippen LogP contribution in [0.4, 0.5) is 14.9 Å². The third kappa shape index (κ3) is 3.36. The van der Waals surface area contributed by atoms with E-state index in [1.165, 1.54) is 28.3 Å². The highest BCUT2D eigenvalue weighted by molar-refractivity contribution is 5.90. The van der Waals surface area contributed by atoms with Gasteiger partial charge in [-0.25, -0.2) is 28.5 Å². The van der Waals surface area contributed by atoms with Gasteiger partial charge in [0, 0.05) is 23.5 Å². The lowest BCUT2D eigenvalue weighted by atomic mass is 10.1. The Labute approximate surface area is 169 Å². The molecular formula is C19H15FN8O2. The first-order valence-corrected chi connectivity index (χ1v) is 9.10. The minimum Gasteiger partial charge on any atom is -0.442 e. The Hall–Kier alpha value is -4.15. The summed E-state index contributed by atoms with van der Waals surface area (Å²) in [4.78, 5) is 21.8. The van der Waals surface area contributed by atoms with E-state index in [0.29, 0.717) is 35.7 Å². The molecule has 0 aliphatic carbocycles. The Bertz CT molecular complexity index is 1160. The third-order valence-electron chi connectivity index (χ3n) is 4.71. The van der Waals surface area contributed by atoms with Crippen LogP contribution in [0.1, 0.15) is 0 Å². The molecule has 1 saturated heterocycles. The van der Waals surface area contributed by atoms with Crippen LogP contribution < -0.4 is 4.90 Å². The summed E-state index contributed by atoms with van der Waals surface area (Å²) in [6, 6.07) is 8.10. The van der Waals surface area contributed by atoms with E-state index in [1.54, 1.807) is 47.5 Å². The summed E-state index contributed by atoms with van der Waals surface area (Å²) in [5.41, 5.74) is 1.41. The van der Waals surface area contributed by atoms with Gasteiger partial charge in [0.1, 0.15) is 24.6 Å². The van der Waals surface area contributed by atoms with Crippen LogP contribution in [0, 0.1) is 5.82 Å². The zero-order valence-corrected chi connectivity index (χ0v) is 15.5. The average Bonchev–Trinajstić information content (AvgIpc) is 3.51. The molecule has 1 aliphatic rings. The van der Waals surface area contributed by atoms with Crippen molar-refractivity contribution in [1.29, 1.82) is 0 Å². The molecule has 1 aliphatic heterocycles. The molecule has 4 heterocycles. The summed E-state index contributed by atoms with van der Waals surface area (Å²) in [7, 11) is 0. The Morgan fingerprint density at radius 1 is 1.23 bits per heavy atom. The lowest BCUT2D eigenvalue weighted by molar-refractivity contribution is 0.129. The van der Waals surface area contributed by atoms with Crippen LogP contribution in [-0.2, 0) is 11.3 Å². The summed E-state index contributed by atoms with van der Waals surface area (Å²) >= 11 is 0. The molecule has 30 heavy (non-hydrogen) atoms. The number of benzene rings is 1.